The van der Waals surface area contributed by atoms with E-state index in [9.17, 15) is 14.9 Å². The highest BCUT2D eigenvalue weighted by molar-refractivity contribution is 5.95. The summed E-state index contributed by atoms with van der Waals surface area (Å²) in [4.78, 5) is 29.8. The Morgan fingerprint density at radius 1 is 1.06 bits per heavy atom. The van der Waals surface area contributed by atoms with E-state index in [1.165, 1.54) is 11.6 Å². The van der Waals surface area contributed by atoms with Crippen LogP contribution in [0.1, 0.15) is 22.3 Å². The number of hydrogen-bond acceptors (Lipinski definition) is 6. The van der Waals surface area contributed by atoms with Crippen LogP contribution in [0.2, 0.25) is 0 Å². The predicted octanol–water partition coefficient (Wildman–Crippen LogP) is 2.60. The molecule has 0 bridgehead atoms. The Morgan fingerprint density at radius 3 is 2.39 bits per heavy atom. The third-order valence-electron chi connectivity index (χ3n) is 5.57. The number of piperazine rings is 1. The van der Waals surface area contributed by atoms with Crippen molar-refractivity contribution in [1.82, 2.24) is 15.1 Å². The summed E-state index contributed by atoms with van der Waals surface area (Å²) in [5.41, 5.74) is 2.07. The smallest absolute Gasteiger partial charge is 0.293 e. The van der Waals surface area contributed by atoms with Crippen molar-refractivity contribution in [3.8, 4) is 0 Å². The summed E-state index contributed by atoms with van der Waals surface area (Å²) in [6, 6.07) is 15.1. The second-order valence-corrected chi connectivity index (χ2v) is 8.07. The number of amides is 1. The predicted molar refractivity (Wildman–Crippen MR) is 123 cm³/mol. The van der Waals surface area contributed by atoms with Crippen LogP contribution in [0.15, 0.2) is 48.5 Å². The minimum Gasteiger partial charge on any atom is -0.372 e. The summed E-state index contributed by atoms with van der Waals surface area (Å²) in [5.74, 6) is -0.277. The van der Waals surface area contributed by atoms with E-state index in [1.54, 1.807) is 31.1 Å². The molecular formula is C23H31N5O3. The Kier molecular flexibility index (Phi) is 7.97. The lowest BCUT2D eigenvalue weighted by Gasteiger charge is -2.34. The third-order valence-corrected chi connectivity index (χ3v) is 5.57. The molecule has 1 aliphatic rings. The second-order valence-electron chi connectivity index (χ2n) is 8.07. The highest BCUT2D eigenvalue weighted by Gasteiger charge is 2.19. The molecule has 0 spiro atoms. The zero-order valence-electron chi connectivity index (χ0n) is 18.3. The molecule has 0 unspecified atom stereocenters. The minimum absolute atomic E-state index is 0.0639. The summed E-state index contributed by atoms with van der Waals surface area (Å²) in [7, 11) is 3.48. The van der Waals surface area contributed by atoms with Crippen LogP contribution in [0, 0.1) is 10.1 Å². The van der Waals surface area contributed by atoms with Gasteiger partial charge in [0.05, 0.1) is 4.92 Å². The Bertz CT molecular complexity index is 880. The fourth-order valence-corrected chi connectivity index (χ4v) is 3.81. The fourth-order valence-electron chi connectivity index (χ4n) is 3.81. The van der Waals surface area contributed by atoms with Crippen LogP contribution in [-0.2, 0) is 6.54 Å². The van der Waals surface area contributed by atoms with E-state index in [-0.39, 0.29) is 11.6 Å². The lowest BCUT2D eigenvalue weighted by molar-refractivity contribution is -0.384. The first-order valence-electron chi connectivity index (χ1n) is 10.7. The molecule has 8 heteroatoms. The summed E-state index contributed by atoms with van der Waals surface area (Å²) in [5, 5.41) is 14.2. The molecule has 0 aromatic heterocycles. The van der Waals surface area contributed by atoms with Gasteiger partial charge in [0, 0.05) is 65.0 Å². The largest absolute Gasteiger partial charge is 0.372 e. The number of anilines is 1. The van der Waals surface area contributed by atoms with Gasteiger partial charge in [-0.2, -0.15) is 0 Å². The van der Waals surface area contributed by atoms with Gasteiger partial charge in [0.1, 0.15) is 5.69 Å². The number of rotatable bonds is 9. The fraction of sp³-hybridized carbons (Fsp3) is 0.435. The molecule has 1 heterocycles. The quantitative estimate of drug-likeness (QED) is 0.378. The van der Waals surface area contributed by atoms with Crippen molar-refractivity contribution in [3.63, 3.8) is 0 Å². The van der Waals surface area contributed by atoms with Crippen molar-refractivity contribution in [2.45, 2.75) is 13.0 Å². The summed E-state index contributed by atoms with van der Waals surface area (Å²) >= 11 is 0. The molecule has 0 radical (unpaired) electrons. The van der Waals surface area contributed by atoms with Gasteiger partial charge in [-0.25, -0.2) is 0 Å². The normalized spacial score (nSPS) is 14.9. The van der Waals surface area contributed by atoms with Crippen molar-refractivity contribution in [2.75, 3.05) is 58.3 Å². The van der Waals surface area contributed by atoms with Crippen molar-refractivity contribution >= 4 is 17.3 Å². The van der Waals surface area contributed by atoms with E-state index in [0.717, 1.165) is 45.7 Å². The van der Waals surface area contributed by atoms with Crippen LogP contribution in [0.5, 0.6) is 0 Å². The van der Waals surface area contributed by atoms with Crippen LogP contribution in [0.25, 0.3) is 0 Å². The van der Waals surface area contributed by atoms with E-state index < -0.39 is 4.92 Å². The minimum atomic E-state index is -0.455. The number of carbonyl (C=O) groups excluding carboxylic acids is 1. The van der Waals surface area contributed by atoms with Crippen molar-refractivity contribution in [1.29, 1.82) is 0 Å². The van der Waals surface area contributed by atoms with E-state index >= 15 is 0 Å². The molecule has 1 aliphatic heterocycles. The monoisotopic (exact) mass is 425 g/mol. The molecular weight excluding hydrogens is 394 g/mol. The van der Waals surface area contributed by atoms with Crippen molar-refractivity contribution < 1.29 is 9.72 Å². The maximum absolute atomic E-state index is 12.4. The van der Waals surface area contributed by atoms with Gasteiger partial charge in [-0.15, -0.1) is 0 Å². The summed E-state index contributed by atoms with van der Waals surface area (Å²) in [6.07, 6.45) is 0.850. The number of nitro groups is 1. The second kappa shape index (κ2) is 10.9. The molecule has 0 atom stereocenters. The molecule has 8 nitrogen and oxygen atoms in total. The number of nitrogens with one attached hydrogen (secondary N) is 1. The number of nitrogens with zero attached hydrogens (tertiary/aromatic N) is 4. The lowest BCUT2D eigenvalue weighted by Crippen LogP contribution is -2.46. The molecule has 0 saturated carbocycles. The number of nitro benzene ring substituents is 1. The first kappa shape index (κ1) is 22.7. The molecule has 0 aliphatic carbocycles. The van der Waals surface area contributed by atoms with E-state index in [4.69, 9.17) is 0 Å². The maximum atomic E-state index is 12.4. The molecule has 166 valence electrons. The lowest BCUT2D eigenvalue weighted by atomic mass is 10.1. The average Bonchev–Trinajstić information content (AvgIpc) is 2.77. The topological polar surface area (TPSA) is 82.0 Å². The average molecular weight is 426 g/mol. The molecule has 1 amide bonds. The maximum Gasteiger partial charge on any atom is 0.293 e. The molecule has 1 N–H and O–H groups in total. The van der Waals surface area contributed by atoms with Crippen molar-refractivity contribution in [2.24, 2.45) is 0 Å². The third kappa shape index (κ3) is 6.50. The van der Waals surface area contributed by atoms with Gasteiger partial charge in [0.25, 0.3) is 11.6 Å². The Hall–Kier alpha value is -2.97. The van der Waals surface area contributed by atoms with Crippen LogP contribution in [0.3, 0.4) is 0 Å². The van der Waals surface area contributed by atoms with Gasteiger partial charge in [-0.05, 0) is 30.7 Å². The molecule has 31 heavy (non-hydrogen) atoms. The van der Waals surface area contributed by atoms with Crippen LogP contribution in [0.4, 0.5) is 11.4 Å². The highest BCUT2D eigenvalue weighted by Crippen LogP contribution is 2.27. The van der Waals surface area contributed by atoms with E-state index in [2.05, 4.69) is 39.4 Å². The Balaban J connectivity index is 1.39. The van der Waals surface area contributed by atoms with Gasteiger partial charge in [-0.1, -0.05) is 30.3 Å². The van der Waals surface area contributed by atoms with Crippen LogP contribution < -0.4 is 10.2 Å². The Labute approximate surface area is 183 Å². The molecule has 2 aromatic carbocycles. The molecule has 1 fully saturated rings. The van der Waals surface area contributed by atoms with Gasteiger partial charge < -0.3 is 15.1 Å². The van der Waals surface area contributed by atoms with Gasteiger partial charge in [0.15, 0.2) is 0 Å². The van der Waals surface area contributed by atoms with Crippen LogP contribution >= 0.6 is 0 Å². The number of carbonyl (C=O) groups is 1. The zero-order chi connectivity index (χ0) is 22.2. The van der Waals surface area contributed by atoms with Gasteiger partial charge in [0.2, 0.25) is 0 Å². The SMILES string of the molecule is CN(C)c1ccc(C(=O)NCCCN2CCN(Cc3ccccc3)CC2)cc1[N+](=O)[O-]. The standard InChI is InChI=1S/C23H31N5O3/c1-25(2)21-10-9-20(17-22(21)28(30)31)23(29)24-11-6-12-26-13-15-27(16-14-26)18-19-7-4-3-5-8-19/h3-5,7-10,17H,6,11-16,18H2,1-2H3,(H,24,29). The number of hydrogen-bond donors (Lipinski definition) is 1. The van der Waals surface area contributed by atoms with E-state index in [1.807, 2.05) is 6.07 Å². The van der Waals surface area contributed by atoms with Gasteiger partial charge >= 0.3 is 0 Å². The van der Waals surface area contributed by atoms with Gasteiger partial charge in [-0.3, -0.25) is 19.8 Å². The molecule has 2 aromatic rings. The van der Waals surface area contributed by atoms with Crippen LogP contribution in [-0.4, -0.2) is 74.0 Å². The van der Waals surface area contributed by atoms with Crippen molar-refractivity contribution in [3.05, 3.63) is 69.8 Å². The zero-order valence-corrected chi connectivity index (χ0v) is 18.3. The first-order chi connectivity index (χ1) is 14.9. The summed E-state index contributed by atoms with van der Waals surface area (Å²) in [6.45, 7) is 6.61. The first-order valence-corrected chi connectivity index (χ1v) is 10.7. The van der Waals surface area contributed by atoms with E-state index in [0.29, 0.717) is 17.8 Å². The number of benzene rings is 2. The summed E-state index contributed by atoms with van der Waals surface area (Å²) < 4.78 is 0. The Morgan fingerprint density at radius 2 is 1.74 bits per heavy atom. The molecule has 1 saturated heterocycles. The highest BCUT2D eigenvalue weighted by atomic mass is 16.6. The molecule has 3 rings (SSSR count).